The number of pyridine rings is 1. The van der Waals surface area contributed by atoms with E-state index in [1.165, 1.54) is 11.8 Å². The summed E-state index contributed by atoms with van der Waals surface area (Å²) in [5.41, 5.74) is 3.51. The van der Waals surface area contributed by atoms with E-state index in [9.17, 15) is 14.7 Å². The Bertz CT molecular complexity index is 1540. The molecular weight excluding hydrogens is 456 g/mol. The number of amides is 2. The minimum atomic E-state index is -0.585. The Hall–Kier alpha value is -4.72. The van der Waals surface area contributed by atoms with Gasteiger partial charge in [-0.2, -0.15) is 9.67 Å². The fraction of sp³-hybridized carbons (Fsp3) is 0.143. The molecule has 2 aromatic carbocycles. The van der Waals surface area contributed by atoms with Crippen molar-refractivity contribution >= 4 is 28.8 Å². The van der Waals surface area contributed by atoms with E-state index in [0.29, 0.717) is 22.8 Å². The summed E-state index contributed by atoms with van der Waals surface area (Å²) >= 11 is 0. The van der Waals surface area contributed by atoms with Gasteiger partial charge in [-0.1, -0.05) is 18.2 Å². The summed E-state index contributed by atoms with van der Waals surface area (Å²) in [5, 5.41) is 18.0. The standard InChI is InChI=1S/C28H24N4O4/c1-17-14-15-30(16-18(17)2)25-24(23-19(3)29-32(27(23)34)21-8-6-5-7-9-21)26(33)31(28(25)35)20-10-12-22(36-4)13-11-20/h5-16H,1-4H3. The van der Waals surface area contributed by atoms with Crippen LogP contribution in [0.1, 0.15) is 22.4 Å². The lowest BCUT2D eigenvalue weighted by Gasteiger charge is -2.16. The highest BCUT2D eigenvalue weighted by molar-refractivity contribution is 6.53. The molecule has 0 bridgehead atoms. The van der Waals surface area contributed by atoms with Crippen molar-refractivity contribution in [2.24, 2.45) is 0 Å². The Balaban J connectivity index is 1.74. The molecule has 4 aromatic rings. The molecular formula is C28H24N4O4. The number of aromatic nitrogens is 3. The maximum Gasteiger partial charge on any atom is 0.331 e. The largest absolute Gasteiger partial charge is 0.858 e. The van der Waals surface area contributed by atoms with Crippen molar-refractivity contribution < 1.29 is 24.0 Å². The minimum Gasteiger partial charge on any atom is -0.858 e. The zero-order valence-electron chi connectivity index (χ0n) is 20.4. The van der Waals surface area contributed by atoms with Gasteiger partial charge in [0, 0.05) is 17.2 Å². The lowest BCUT2D eigenvalue weighted by Crippen LogP contribution is -2.40. The highest BCUT2D eigenvalue weighted by Crippen LogP contribution is 2.38. The number of anilines is 1. The van der Waals surface area contributed by atoms with Crippen LogP contribution >= 0.6 is 0 Å². The average molecular weight is 481 g/mol. The van der Waals surface area contributed by atoms with Crippen molar-refractivity contribution in [1.82, 2.24) is 9.78 Å². The SMILES string of the molecule is COc1ccc(N2C(=O)C(c3c(C)nn(-c4ccccc4)c3[O-])=C([n+]3ccc(C)c(C)c3)C2=O)cc1. The number of carbonyl (C=O) groups excluding carboxylic acids is 2. The van der Waals surface area contributed by atoms with Crippen LogP contribution in [0.25, 0.3) is 17.0 Å². The van der Waals surface area contributed by atoms with Crippen LogP contribution in [0.5, 0.6) is 11.6 Å². The molecule has 0 saturated carbocycles. The van der Waals surface area contributed by atoms with Gasteiger partial charge in [-0.3, -0.25) is 9.59 Å². The number of hydrogen-bond donors (Lipinski definition) is 0. The van der Waals surface area contributed by atoms with E-state index >= 15 is 0 Å². The molecule has 0 fully saturated rings. The molecule has 36 heavy (non-hydrogen) atoms. The van der Waals surface area contributed by atoms with Crippen LogP contribution in [-0.4, -0.2) is 28.7 Å². The molecule has 1 aliphatic rings. The van der Waals surface area contributed by atoms with Crippen LogP contribution in [0.2, 0.25) is 0 Å². The van der Waals surface area contributed by atoms with Crippen LogP contribution < -0.4 is 19.3 Å². The van der Waals surface area contributed by atoms with Crippen molar-refractivity contribution in [3.63, 3.8) is 0 Å². The molecule has 5 rings (SSSR count). The van der Waals surface area contributed by atoms with Gasteiger partial charge in [0.25, 0.3) is 11.6 Å². The van der Waals surface area contributed by atoms with Crippen LogP contribution in [0.4, 0.5) is 5.69 Å². The van der Waals surface area contributed by atoms with Gasteiger partial charge < -0.3 is 9.84 Å². The third-order valence-electron chi connectivity index (χ3n) is 6.36. The summed E-state index contributed by atoms with van der Waals surface area (Å²) in [5.74, 6) is -0.983. The Morgan fingerprint density at radius 2 is 1.56 bits per heavy atom. The average Bonchev–Trinajstić information content (AvgIpc) is 3.32. The second kappa shape index (κ2) is 8.81. The highest BCUT2D eigenvalue weighted by Gasteiger charge is 2.47. The predicted molar refractivity (Wildman–Crippen MR) is 132 cm³/mol. The molecule has 180 valence electrons. The third kappa shape index (κ3) is 3.63. The van der Waals surface area contributed by atoms with Gasteiger partial charge in [-0.05, 0) is 68.6 Å². The molecule has 0 N–H and O–H groups in total. The van der Waals surface area contributed by atoms with E-state index in [4.69, 9.17) is 4.74 Å². The maximum atomic E-state index is 13.9. The Labute approximate surface area is 208 Å². The maximum absolute atomic E-state index is 13.9. The molecule has 8 nitrogen and oxygen atoms in total. The summed E-state index contributed by atoms with van der Waals surface area (Å²) in [4.78, 5) is 28.8. The van der Waals surface area contributed by atoms with Crippen LogP contribution in [-0.2, 0) is 9.59 Å². The van der Waals surface area contributed by atoms with E-state index in [1.807, 2.05) is 26.0 Å². The van der Waals surface area contributed by atoms with Crippen LogP contribution in [0.15, 0.2) is 73.1 Å². The van der Waals surface area contributed by atoms with Crippen molar-refractivity contribution in [2.75, 3.05) is 12.0 Å². The Morgan fingerprint density at radius 3 is 2.19 bits per heavy atom. The number of para-hydroxylation sites is 1. The second-order valence-electron chi connectivity index (χ2n) is 8.60. The summed E-state index contributed by atoms with van der Waals surface area (Å²) < 4.78 is 8.08. The first kappa shape index (κ1) is 23.0. The lowest BCUT2D eigenvalue weighted by molar-refractivity contribution is -0.577. The molecule has 0 atom stereocenters. The monoisotopic (exact) mass is 480 g/mol. The first-order valence-electron chi connectivity index (χ1n) is 11.4. The summed E-state index contributed by atoms with van der Waals surface area (Å²) in [7, 11) is 1.54. The molecule has 0 aliphatic carbocycles. The lowest BCUT2D eigenvalue weighted by atomic mass is 10.0. The van der Waals surface area contributed by atoms with Gasteiger partial charge in [-0.15, -0.1) is 0 Å². The van der Waals surface area contributed by atoms with E-state index in [0.717, 1.165) is 16.0 Å². The second-order valence-corrected chi connectivity index (χ2v) is 8.60. The fourth-order valence-electron chi connectivity index (χ4n) is 4.30. The summed E-state index contributed by atoms with van der Waals surface area (Å²) in [6.07, 6.45) is 3.51. The van der Waals surface area contributed by atoms with Gasteiger partial charge in [0.15, 0.2) is 12.4 Å². The van der Waals surface area contributed by atoms with Gasteiger partial charge in [0.2, 0.25) is 0 Å². The summed E-state index contributed by atoms with van der Waals surface area (Å²) in [6.45, 7) is 5.55. The fourth-order valence-corrected chi connectivity index (χ4v) is 4.30. The topological polar surface area (TPSA) is 91.4 Å². The smallest absolute Gasteiger partial charge is 0.331 e. The van der Waals surface area contributed by atoms with E-state index in [2.05, 4.69) is 5.10 Å². The van der Waals surface area contributed by atoms with Crippen LogP contribution in [0.3, 0.4) is 0 Å². The van der Waals surface area contributed by atoms with Crippen LogP contribution in [0, 0.1) is 20.8 Å². The van der Waals surface area contributed by atoms with Crippen molar-refractivity contribution in [3.8, 4) is 17.3 Å². The number of ether oxygens (including phenoxy) is 1. The quantitative estimate of drug-likeness (QED) is 0.323. The van der Waals surface area contributed by atoms with Gasteiger partial charge in [-0.25, -0.2) is 9.58 Å². The molecule has 2 amide bonds. The molecule has 2 aromatic heterocycles. The molecule has 1 aliphatic heterocycles. The number of rotatable bonds is 5. The highest BCUT2D eigenvalue weighted by atomic mass is 16.5. The van der Waals surface area contributed by atoms with E-state index < -0.39 is 17.7 Å². The normalized spacial score (nSPS) is 13.6. The third-order valence-corrected chi connectivity index (χ3v) is 6.36. The number of imide groups is 1. The first-order chi connectivity index (χ1) is 17.3. The zero-order chi connectivity index (χ0) is 25.6. The zero-order valence-corrected chi connectivity index (χ0v) is 20.4. The molecule has 0 saturated heterocycles. The van der Waals surface area contributed by atoms with Gasteiger partial charge in [0.05, 0.1) is 24.2 Å². The molecule has 0 spiro atoms. The van der Waals surface area contributed by atoms with Crippen molar-refractivity contribution in [1.29, 1.82) is 0 Å². The number of hydrogen-bond acceptors (Lipinski definition) is 5. The summed E-state index contributed by atoms with van der Waals surface area (Å²) in [6, 6.07) is 17.5. The number of methoxy groups -OCH3 is 1. The predicted octanol–water partition coefficient (Wildman–Crippen LogP) is 3.11. The van der Waals surface area contributed by atoms with Gasteiger partial charge >= 0.3 is 5.91 Å². The number of benzene rings is 2. The molecule has 0 unspecified atom stereocenters. The van der Waals surface area contributed by atoms with E-state index in [1.54, 1.807) is 72.4 Å². The van der Waals surface area contributed by atoms with Gasteiger partial charge in [0.1, 0.15) is 11.3 Å². The Kier molecular flexibility index (Phi) is 5.64. The Morgan fingerprint density at radius 1 is 0.861 bits per heavy atom. The minimum absolute atomic E-state index is 0.0220. The molecule has 8 heteroatoms. The van der Waals surface area contributed by atoms with E-state index in [-0.39, 0.29) is 16.8 Å². The molecule has 3 heterocycles. The first-order valence-corrected chi connectivity index (χ1v) is 11.4. The number of nitrogens with zero attached hydrogens (tertiary/aromatic N) is 4. The van der Waals surface area contributed by atoms with Crippen molar-refractivity contribution in [3.05, 3.63) is 95.4 Å². The number of carbonyl (C=O) groups is 2. The molecule has 0 radical (unpaired) electrons. The van der Waals surface area contributed by atoms with Crippen molar-refractivity contribution in [2.45, 2.75) is 20.8 Å². The number of aryl methyl sites for hydroxylation is 3.